The lowest BCUT2D eigenvalue weighted by molar-refractivity contribution is 0.373. The Morgan fingerprint density at radius 1 is 1.10 bits per heavy atom. The van der Waals surface area contributed by atoms with Crippen molar-refractivity contribution in [1.29, 1.82) is 0 Å². The SMILES string of the molecule is COc1cc(OC)nc(NS(=O)(=O)c2cccc(N)c2)n1. The molecule has 1 aromatic heterocycles. The lowest BCUT2D eigenvalue weighted by Crippen LogP contribution is -2.15. The molecule has 112 valence electrons. The Balaban J connectivity index is 2.36. The Hall–Kier alpha value is -2.55. The Morgan fingerprint density at radius 2 is 1.71 bits per heavy atom. The van der Waals surface area contributed by atoms with Gasteiger partial charge >= 0.3 is 0 Å². The number of methoxy groups -OCH3 is 2. The second-order valence-corrected chi connectivity index (χ2v) is 5.64. The summed E-state index contributed by atoms with van der Waals surface area (Å²) in [6.07, 6.45) is 0. The molecule has 8 nitrogen and oxygen atoms in total. The molecule has 0 fully saturated rings. The first-order chi connectivity index (χ1) is 9.94. The van der Waals surface area contributed by atoms with E-state index in [0.29, 0.717) is 5.69 Å². The lowest BCUT2D eigenvalue weighted by Gasteiger charge is -2.09. The molecule has 1 aromatic carbocycles. The van der Waals surface area contributed by atoms with Gasteiger partial charge in [0.2, 0.25) is 17.7 Å². The van der Waals surface area contributed by atoms with E-state index in [1.165, 1.54) is 38.5 Å². The van der Waals surface area contributed by atoms with Crippen LogP contribution in [-0.4, -0.2) is 32.6 Å². The van der Waals surface area contributed by atoms with Crippen LogP contribution in [0.15, 0.2) is 35.2 Å². The van der Waals surface area contributed by atoms with Crippen LogP contribution in [0.3, 0.4) is 0 Å². The van der Waals surface area contributed by atoms with Crippen molar-refractivity contribution in [2.24, 2.45) is 0 Å². The molecule has 0 unspecified atom stereocenters. The molecular weight excluding hydrogens is 296 g/mol. The topological polar surface area (TPSA) is 116 Å². The normalized spacial score (nSPS) is 11.0. The van der Waals surface area contributed by atoms with Gasteiger partial charge in [-0.05, 0) is 18.2 Å². The van der Waals surface area contributed by atoms with Gasteiger partial charge in [0.15, 0.2) is 0 Å². The van der Waals surface area contributed by atoms with Gasteiger partial charge in [0.25, 0.3) is 10.0 Å². The molecule has 0 spiro atoms. The first-order valence-electron chi connectivity index (χ1n) is 5.80. The number of ether oxygens (including phenoxy) is 2. The summed E-state index contributed by atoms with van der Waals surface area (Å²) in [4.78, 5) is 7.80. The van der Waals surface area contributed by atoms with Crippen molar-refractivity contribution in [1.82, 2.24) is 9.97 Å². The van der Waals surface area contributed by atoms with Crippen LogP contribution in [-0.2, 0) is 10.0 Å². The second kappa shape index (κ2) is 5.83. The summed E-state index contributed by atoms with van der Waals surface area (Å²) in [6.45, 7) is 0. The average molecular weight is 310 g/mol. The van der Waals surface area contributed by atoms with Gasteiger partial charge in [0.05, 0.1) is 25.2 Å². The number of rotatable bonds is 5. The highest BCUT2D eigenvalue weighted by atomic mass is 32.2. The first-order valence-corrected chi connectivity index (χ1v) is 7.28. The largest absolute Gasteiger partial charge is 0.481 e. The maximum atomic E-state index is 12.2. The van der Waals surface area contributed by atoms with E-state index >= 15 is 0 Å². The van der Waals surface area contributed by atoms with Crippen LogP contribution in [0, 0.1) is 0 Å². The third-order valence-corrected chi connectivity index (χ3v) is 3.82. The zero-order valence-electron chi connectivity index (χ0n) is 11.4. The van der Waals surface area contributed by atoms with Crippen molar-refractivity contribution in [3.05, 3.63) is 30.3 Å². The van der Waals surface area contributed by atoms with E-state index in [-0.39, 0.29) is 22.6 Å². The molecule has 0 bridgehead atoms. The summed E-state index contributed by atoms with van der Waals surface area (Å²) in [5.74, 6) is 0.188. The highest BCUT2D eigenvalue weighted by Crippen LogP contribution is 2.20. The van der Waals surface area contributed by atoms with Crippen LogP contribution < -0.4 is 19.9 Å². The summed E-state index contributed by atoms with van der Waals surface area (Å²) in [5.41, 5.74) is 5.91. The summed E-state index contributed by atoms with van der Waals surface area (Å²) in [6, 6.07) is 7.30. The van der Waals surface area contributed by atoms with Gasteiger partial charge in [-0.15, -0.1) is 0 Å². The fourth-order valence-electron chi connectivity index (χ4n) is 1.52. The number of nitrogen functional groups attached to an aromatic ring is 1. The quantitative estimate of drug-likeness (QED) is 0.787. The van der Waals surface area contributed by atoms with Crippen molar-refractivity contribution in [3.8, 4) is 11.8 Å². The second-order valence-electron chi connectivity index (χ2n) is 3.95. The number of aromatic nitrogens is 2. The fourth-order valence-corrected chi connectivity index (χ4v) is 2.52. The van der Waals surface area contributed by atoms with Gasteiger partial charge in [0.1, 0.15) is 0 Å². The van der Waals surface area contributed by atoms with E-state index in [4.69, 9.17) is 15.2 Å². The minimum atomic E-state index is -3.85. The summed E-state index contributed by atoms with van der Waals surface area (Å²) in [5, 5.41) is 0. The number of anilines is 2. The molecule has 0 aliphatic rings. The molecule has 1 heterocycles. The van der Waals surface area contributed by atoms with Crippen LogP contribution in [0.1, 0.15) is 0 Å². The number of nitrogens with two attached hydrogens (primary N) is 1. The predicted molar refractivity (Wildman–Crippen MR) is 76.8 cm³/mol. The molecule has 0 radical (unpaired) electrons. The van der Waals surface area contributed by atoms with E-state index in [2.05, 4.69) is 14.7 Å². The summed E-state index contributed by atoms with van der Waals surface area (Å²) < 4.78 is 36.6. The Kier molecular flexibility index (Phi) is 4.13. The molecule has 0 saturated heterocycles. The van der Waals surface area contributed by atoms with E-state index in [9.17, 15) is 8.42 Å². The monoisotopic (exact) mass is 310 g/mol. The molecule has 3 N–H and O–H groups in total. The van der Waals surface area contributed by atoms with E-state index in [0.717, 1.165) is 0 Å². The highest BCUT2D eigenvalue weighted by Gasteiger charge is 2.17. The maximum absolute atomic E-state index is 12.2. The molecule has 2 rings (SSSR count). The van der Waals surface area contributed by atoms with Crippen LogP contribution in [0.5, 0.6) is 11.8 Å². The van der Waals surface area contributed by atoms with E-state index < -0.39 is 10.0 Å². The Bertz CT molecular complexity index is 726. The Morgan fingerprint density at radius 3 is 2.24 bits per heavy atom. The van der Waals surface area contributed by atoms with Crippen LogP contribution in [0.4, 0.5) is 11.6 Å². The van der Waals surface area contributed by atoms with Gasteiger partial charge in [0, 0.05) is 5.69 Å². The molecule has 0 amide bonds. The van der Waals surface area contributed by atoms with Gasteiger partial charge in [-0.3, -0.25) is 0 Å². The zero-order chi connectivity index (χ0) is 15.5. The molecule has 0 atom stereocenters. The number of sulfonamides is 1. The molecule has 0 saturated carbocycles. The summed E-state index contributed by atoms with van der Waals surface area (Å²) in [7, 11) is -1.05. The van der Waals surface area contributed by atoms with Crippen molar-refractivity contribution in [3.63, 3.8) is 0 Å². The number of nitrogens with zero attached hydrogens (tertiary/aromatic N) is 2. The number of hydrogen-bond donors (Lipinski definition) is 2. The van der Waals surface area contributed by atoms with Crippen molar-refractivity contribution < 1.29 is 17.9 Å². The number of hydrogen-bond acceptors (Lipinski definition) is 7. The molecule has 0 aliphatic heterocycles. The van der Waals surface area contributed by atoms with Crippen LogP contribution >= 0.6 is 0 Å². The predicted octanol–water partition coefficient (Wildman–Crippen LogP) is 0.877. The van der Waals surface area contributed by atoms with E-state index in [1.807, 2.05) is 0 Å². The zero-order valence-corrected chi connectivity index (χ0v) is 12.2. The van der Waals surface area contributed by atoms with Gasteiger partial charge in [-0.1, -0.05) is 6.07 Å². The smallest absolute Gasteiger partial charge is 0.264 e. The van der Waals surface area contributed by atoms with Gasteiger partial charge in [-0.2, -0.15) is 9.97 Å². The maximum Gasteiger partial charge on any atom is 0.264 e. The van der Waals surface area contributed by atoms with Crippen LogP contribution in [0.25, 0.3) is 0 Å². The summed E-state index contributed by atoms with van der Waals surface area (Å²) >= 11 is 0. The van der Waals surface area contributed by atoms with E-state index in [1.54, 1.807) is 6.07 Å². The highest BCUT2D eigenvalue weighted by molar-refractivity contribution is 7.92. The standard InChI is InChI=1S/C12H14N4O4S/c1-19-10-7-11(20-2)15-12(14-10)16-21(17,18)9-5-3-4-8(13)6-9/h3-7H,13H2,1-2H3,(H,14,15,16). The third-order valence-electron chi connectivity index (χ3n) is 2.49. The number of benzene rings is 1. The number of nitrogens with one attached hydrogen (secondary N) is 1. The van der Waals surface area contributed by atoms with Gasteiger partial charge < -0.3 is 15.2 Å². The first kappa shape index (κ1) is 14.9. The molecule has 21 heavy (non-hydrogen) atoms. The molecule has 9 heteroatoms. The van der Waals surface area contributed by atoms with Crippen molar-refractivity contribution in [2.75, 3.05) is 24.7 Å². The third kappa shape index (κ3) is 3.51. The van der Waals surface area contributed by atoms with Crippen molar-refractivity contribution in [2.45, 2.75) is 4.90 Å². The molecule has 2 aromatic rings. The fraction of sp³-hybridized carbons (Fsp3) is 0.167. The minimum absolute atomic E-state index is 0.00730. The van der Waals surface area contributed by atoms with Crippen molar-refractivity contribution >= 4 is 21.7 Å². The van der Waals surface area contributed by atoms with Crippen LogP contribution in [0.2, 0.25) is 0 Å². The lowest BCUT2D eigenvalue weighted by atomic mass is 10.3. The molecule has 0 aliphatic carbocycles. The average Bonchev–Trinajstić information content (AvgIpc) is 2.46. The Labute approximate surface area is 122 Å². The van der Waals surface area contributed by atoms with Gasteiger partial charge in [-0.25, -0.2) is 13.1 Å². The molecular formula is C12H14N4O4S. The minimum Gasteiger partial charge on any atom is -0.481 e.